The van der Waals surface area contributed by atoms with Gasteiger partial charge in [0.25, 0.3) is 0 Å². The van der Waals surface area contributed by atoms with Gasteiger partial charge in [0.1, 0.15) is 0 Å². The van der Waals surface area contributed by atoms with Gasteiger partial charge in [-0.25, -0.2) is 0 Å². The number of halogens is 1. The van der Waals surface area contributed by atoms with Crippen LogP contribution in [0.4, 0.5) is 5.95 Å². The summed E-state index contributed by atoms with van der Waals surface area (Å²) in [4.78, 5) is 13.9. The van der Waals surface area contributed by atoms with Gasteiger partial charge in [-0.1, -0.05) is 0 Å². The summed E-state index contributed by atoms with van der Waals surface area (Å²) < 4.78 is 10.7. The zero-order valence-corrected chi connectivity index (χ0v) is 11.9. The van der Waals surface area contributed by atoms with E-state index in [0.29, 0.717) is 25.7 Å². The summed E-state index contributed by atoms with van der Waals surface area (Å²) in [6, 6.07) is 0.240. The van der Waals surface area contributed by atoms with E-state index in [-0.39, 0.29) is 17.4 Å². The van der Waals surface area contributed by atoms with E-state index < -0.39 is 0 Å². The van der Waals surface area contributed by atoms with Gasteiger partial charge in [0.15, 0.2) is 0 Å². The normalized spacial score (nSPS) is 10.8. The van der Waals surface area contributed by atoms with Crippen molar-refractivity contribution in [2.75, 3.05) is 31.7 Å². The summed E-state index contributed by atoms with van der Waals surface area (Å²) in [5, 5.41) is 0.125. The molecule has 0 saturated heterocycles. The maximum atomic E-state index is 5.81. The molecule has 0 amide bonds. The lowest BCUT2D eigenvalue weighted by atomic mass is 10.5. The molecule has 0 spiro atoms. The summed E-state index contributed by atoms with van der Waals surface area (Å²) in [5.74, 6) is 0.478. The Bertz CT molecular complexity index is 376. The zero-order valence-electron chi connectivity index (χ0n) is 11.2. The lowest BCUT2D eigenvalue weighted by molar-refractivity contribution is 0.0844. The van der Waals surface area contributed by atoms with Crippen LogP contribution < -0.4 is 9.64 Å². The Morgan fingerprint density at radius 2 is 2.00 bits per heavy atom. The standard InChI is InChI=1S/C11H19ClN4O2/c1-5-17-11-14-9(12)13-10(15-11)16(4)6-7-18-8(2)3/h8H,5-7H2,1-4H3. The lowest BCUT2D eigenvalue weighted by Gasteiger charge is -2.18. The highest BCUT2D eigenvalue weighted by atomic mass is 35.5. The van der Waals surface area contributed by atoms with Crippen molar-refractivity contribution in [1.29, 1.82) is 0 Å². The molecule has 6 nitrogen and oxygen atoms in total. The average Bonchev–Trinajstić information content (AvgIpc) is 2.28. The molecule has 0 atom stereocenters. The summed E-state index contributed by atoms with van der Waals surface area (Å²) in [5.41, 5.74) is 0. The van der Waals surface area contributed by atoms with Gasteiger partial charge in [-0.3, -0.25) is 0 Å². The van der Waals surface area contributed by atoms with Crippen molar-refractivity contribution in [2.45, 2.75) is 26.9 Å². The Kier molecular flexibility index (Phi) is 6.07. The van der Waals surface area contributed by atoms with Gasteiger partial charge in [-0.15, -0.1) is 0 Å². The monoisotopic (exact) mass is 274 g/mol. The molecule has 102 valence electrons. The number of hydrogen-bond acceptors (Lipinski definition) is 6. The van der Waals surface area contributed by atoms with Crippen LogP contribution >= 0.6 is 11.6 Å². The second-order valence-corrected chi connectivity index (χ2v) is 4.30. The van der Waals surface area contributed by atoms with Crippen LogP contribution in [0, 0.1) is 0 Å². The fourth-order valence-electron chi connectivity index (χ4n) is 1.21. The van der Waals surface area contributed by atoms with Crippen LogP contribution in [0.25, 0.3) is 0 Å². The summed E-state index contributed by atoms with van der Waals surface area (Å²) >= 11 is 5.81. The molecule has 1 rings (SSSR count). The molecule has 0 radical (unpaired) electrons. The van der Waals surface area contributed by atoms with E-state index in [0.717, 1.165) is 0 Å². The topological polar surface area (TPSA) is 60.4 Å². The molecular formula is C11H19ClN4O2. The van der Waals surface area contributed by atoms with E-state index in [1.54, 1.807) is 0 Å². The maximum Gasteiger partial charge on any atom is 0.322 e. The molecule has 0 aromatic carbocycles. The smallest absolute Gasteiger partial charge is 0.322 e. The molecule has 18 heavy (non-hydrogen) atoms. The van der Waals surface area contributed by atoms with Crippen LogP contribution in [0.1, 0.15) is 20.8 Å². The first-order valence-corrected chi connectivity index (χ1v) is 6.27. The molecule has 0 bridgehead atoms. The lowest BCUT2D eigenvalue weighted by Crippen LogP contribution is -2.26. The second-order valence-electron chi connectivity index (χ2n) is 3.96. The quantitative estimate of drug-likeness (QED) is 0.755. The third-order valence-corrected chi connectivity index (χ3v) is 2.24. The number of nitrogens with zero attached hydrogens (tertiary/aromatic N) is 4. The summed E-state index contributed by atoms with van der Waals surface area (Å²) in [6.45, 7) is 7.60. The molecular weight excluding hydrogens is 256 g/mol. The zero-order chi connectivity index (χ0) is 13.5. The minimum atomic E-state index is 0.125. The largest absolute Gasteiger partial charge is 0.464 e. The minimum Gasteiger partial charge on any atom is -0.464 e. The third-order valence-electron chi connectivity index (χ3n) is 2.07. The first-order valence-electron chi connectivity index (χ1n) is 5.90. The fourth-order valence-corrected chi connectivity index (χ4v) is 1.36. The van der Waals surface area contributed by atoms with E-state index in [1.165, 1.54) is 0 Å². The van der Waals surface area contributed by atoms with Crippen molar-refractivity contribution >= 4 is 17.5 Å². The van der Waals surface area contributed by atoms with Crippen LogP contribution in [0.2, 0.25) is 5.28 Å². The van der Waals surface area contributed by atoms with E-state index in [2.05, 4.69) is 15.0 Å². The van der Waals surface area contributed by atoms with E-state index >= 15 is 0 Å². The molecule has 0 fully saturated rings. The van der Waals surface area contributed by atoms with Crippen LogP contribution in [0.3, 0.4) is 0 Å². The van der Waals surface area contributed by atoms with Crippen LogP contribution in [0.5, 0.6) is 6.01 Å². The van der Waals surface area contributed by atoms with Crippen LogP contribution in [0.15, 0.2) is 0 Å². The predicted octanol–water partition coefficient (Wildman–Crippen LogP) is 1.78. The first-order chi connectivity index (χ1) is 8.52. The van der Waals surface area contributed by atoms with Gasteiger partial charge in [0.05, 0.1) is 19.3 Å². The van der Waals surface area contributed by atoms with Gasteiger partial charge in [-0.05, 0) is 32.4 Å². The van der Waals surface area contributed by atoms with Crippen LogP contribution in [-0.4, -0.2) is 47.9 Å². The number of aromatic nitrogens is 3. The average molecular weight is 275 g/mol. The molecule has 1 aromatic rings. The summed E-state index contributed by atoms with van der Waals surface area (Å²) in [7, 11) is 1.87. The molecule has 0 saturated carbocycles. The highest BCUT2D eigenvalue weighted by Crippen LogP contribution is 2.13. The van der Waals surface area contributed by atoms with E-state index in [1.807, 2.05) is 32.7 Å². The van der Waals surface area contributed by atoms with Gasteiger partial charge >= 0.3 is 6.01 Å². The SMILES string of the molecule is CCOc1nc(Cl)nc(N(C)CCOC(C)C)n1. The van der Waals surface area contributed by atoms with Crippen molar-refractivity contribution in [3.8, 4) is 6.01 Å². The van der Waals surface area contributed by atoms with Crippen molar-refractivity contribution in [3.05, 3.63) is 5.28 Å². The highest BCUT2D eigenvalue weighted by Gasteiger charge is 2.10. The minimum absolute atomic E-state index is 0.125. The van der Waals surface area contributed by atoms with Gasteiger partial charge in [0, 0.05) is 13.6 Å². The number of ether oxygens (including phenoxy) is 2. The first kappa shape index (κ1) is 14.9. The van der Waals surface area contributed by atoms with E-state index in [9.17, 15) is 0 Å². The molecule has 0 N–H and O–H groups in total. The number of anilines is 1. The Morgan fingerprint density at radius 3 is 2.61 bits per heavy atom. The van der Waals surface area contributed by atoms with Crippen molar-refractivity contribution in [2.24, 2.45) is 0 Å². The highest BCUT2D eigenvalue weighted by molar-refractivity contribution is 6.28. The van der Waals surface area contributed by atoms with Crippen molar-refractivity contribution in [1.82, 2.24) is 15.0 Å². The van der Waals surface area contributed by atoms with Gasteiger partial charge in [0.2, 0.25) is 11.2 Å². The van der Waals surface area contributed by atoms with Crippen LogP contribution in [-0.2, 0) is 4.74 Å². The molecule has 0 aliphatic carbocycles. The molecule has 1 aromatic heterocycles. The Hall–Kier alpha value is -1.14. The molecule has 7 heteroatoms. The fraction of sp³-hybridized carbons (Fsp3) is 0.727. The number of likely N-dealkylation sites (N-methyl/N-ethyl adjacent to an activating group) is 1. The third kappa shape index (κ3) is 5.01. The molecule has 1 heterocycles. The molecule has 0 aliphatic heterocycles. The number of rotatable bonds is 7. The Morgan fingerprint density at radius 1 is 1.28 bits per heavy atom. The maximum absolute atomic E-state index is 5.81. The van der Waals surface area contributed by atoms with Crippen molar-refractivity contribution < 1.29 is 9.47 Å². The Labute approximate surface area is 112 Å². The second kappa shape index (κ2) is 7.33. The van der Waals surface area contributed by atoms with E-state index in [4.69, 9.17) is 21.1 Å². The van der Waals surface area contributed by atoms with Crippen molar-refractivity contribution in [3.63, 3.8) is 0 Å². The van der Waals surface area contributed by atoms with Gasteiger partial charge in [-0.2, -0.15) is 15.0 Å². The van der Waals surface area contributed by atoms with Gasteiger partial charge < -0.3 is 14.4 Å². The Balaban J connectivity index is 2.63. The molecule has 0 aliphatic rings. The number of hydrogen-bond donors (Lipinski definition) is 0. The molecule has 0 unspecified atom stereocenters. The summed E-state index contributed by atoms with van der Waals surface area (Å²) in [6.07, 6.45) is 0.208. The predicted molar refractivity (Wildman–Crippen MR) is 70.4 cm³/mol.